The van der Waals surface area contributed by atoms with Gasteiger partial charge < -0.3 is 27.2 Å². The molecule has 11 nitrogen and oxygen atoms in total. The van der Waals surface area contributed by atoms with E-state index in [0.29, 0.717) is 19.4 Å². The summed E-state index contributed by atoms with van der Waals surface area (Å²) in [6.45, 7) is 2.98. The Kier molecular flexibility index (Phi) is 13.7. The van der Waals surface area contributed by atoms with Gasteiger partial charge in [-0.25, -0.2) is 0 Å². The van der Waals surface area contributed by atoms with Crippen molar-refractivity contribution in [1.82, 2.24) is 10.6 Å². The minimum atomic E-state index is -4.67. The molecule has 0 spiro atoms. The summed E-state index contributed by atoms with van der Waals surface area (Å²) in [6.07, 6.45) is 3.75. The predicted octanol–water partition coefficient (Wildman–Crippen LogP) is -1.62. The molecule has 1 aliphatic rings. The fourth-order valence-electron chi connectivity index (χ4n) is 1.29. The van der Waals surface area contributed by atoms with Gasteiger partial charge in [-0.15, -0.1) is 0 Å². The molecule has 12 heteroatoms. The van der Waals surface area contributed by atoms with Gasteiger partial charge in [0.15, 0.2) is 5.96 Å². The van der Waals surface area contributed by atoms with E-state index in [-0.39, 0.29) is 5.96 Å². The van der Waals surface area contributed by atoms with Gasteiger partial charge in [0.1, 0.15) is 6.04 Å². The van der Waals surface area contributed by atoms with Crippen molar-refractivity contribution in [2.24, 2.45) is 11.5 Å². The van der Waals surface area contributed by atoms with Crippen LogP contribution in [0.2, 0.25) is 0 Å². The number of rotatable bonds is 5. The number of guanidine groups is 1. The van der Waals surface area contributed by atoms with E-state index in [1.165, 1.54) is 25.9 Å². The van der Waals surface area contributed by atoms with Crippen LogP contribution in [0, 0.1) is 5.41 Å². The highest BCUT2D eigenvalue weighted by molar-refractivity contribution is 7.79. The van der Waals surface area contributed by atoms with Crippen molar-refractivity contribution < 1.29 is 27.4 Å². The third-order valence-corrected chi connectivity index (χ3v) is 2.28. The van der Waals surface area contributed by atoms with Gasteiger partial charge in [0.2, 0.25) is 0 Å². The molecule has 22 heavy (non-hydrogen) atoms. The quantitative estimate of drug-likeness (QED) is 0.124. The van der Waals surface area contributed by atoms with Crippen molar-refractivity contribution in [3.8, 4) is 0 Å². The van der Waals surface area contributed by atoms with Gasteiger partial charge in [-0.2, -0.15) is 8.42 Å². The van der Waals surface area contributed by atoms with Crippen molar-refractivity contribution in [1.29, 1.82) is 5.41 Å². The van der Waals surface area contributed by atoms with Crippen LogP contribution in [0.4, 0.5) is 0 Å². The lowest BCUT2D eigenvalue weighted by Gasteiger charge is -2.06. The Bertz CT molecular complexity index is 396. The minimum absolute atomic E-state index is 0.112. The molecule has 10 N–H and O–H groups in total. The van der Waals surface area contributed by atoms with Crippen LogP contribution < -0.4 is 22.1 Å². The Morgan fingerprint density at radius 1 is 1.32 bits per heavy atom. The molecule has 0 saturated carbocycles. The standard InChI is InChI=1S/C6H14N4O2.C4H9N.H2O4S/c7-4(5(11)12)2-1-3-10-6(8)9;1-2-4-5-3-1;1-5(2,3)4/h4H,1-3,7H2,(H,11,12)(H4,8,9,10);5H,1-4H2;(H2,1,2,3,4)/t4-;;/m0../s1. The zero-order valence-electron chi connectivity index (χ0n) is 12.2. The second-order valence-electron chi connectivity index (χ2n) is 4.33. The number of nitrogens with two attached hydrogens (primary N) is 2. The summed E-state index contributed by atoms with van der Waals surface area (Å²) in [6, 6.07) is -0.821. The Balaban J connectivity index is 0. The highest BCUT2D eigenvalue weighted by Crippen LogP contribution is 1.92. The lowest BCUT2D eigenvalue weighted by atomic mass is 10.2. The van der Waals surface area contributed by atoms with Gasteiger partial charge in [-0.05, 0) is 38.8 Å². The SMILES string of the molecule is C1CCNC1.N=C(N)NCCC[C@H](N)C(=O)O.O=S(=O)(O)O. The van der Waals surface area contributed by atoms with Gasteiger partial charge in [0.05, 0.1) is 0 Å². The van der Waals surface area contributed by atoms with Crippen LogP contribution in [-0.4, -0.2) is 60.2 Å². The summed E-state index contributed by atoms with van der Waals surface area (Å²) in [7, 11) is -4.67. The van der Waals surface area contributed by atoms with Crippen molar-refractivity contribution in [3.05, 3.63) is 0 Å². The molecule has 0 aromatic rings. The third kappa shape index (κ3) is 27.0. The summed E-state index contributed by atoms with van der Waals surface area (Å²) in [5, 5.41) is 20.9. The van der Waals surface area contributed by atoms with Crippen molar-refractivity contribution in [2.75, 3.05) is 19.6 Å². The second-order valence-corrected chi connectivity index (χ2v) is 5.23. The summed E-state index contributed by atoms with van der Waals surface area (Å²) in [5.41, 5.74) is 10.2. The number of carboxylic acids is 1. The van der Waals surface area contributed by atoms with E-state index in [2.05, 4.69) is 10.6 Å². The van der Waals surface area contributed by atoms with Gasteiger partial charge in [0, 0.05) is 6.54 Å². The van der Waals surface area contributed by atoms with E-state index < -0.39 is 22.4 Å². The van der Waals surface area contributed by atoms with Gasteiger partial charge >= 0.3 is 16.4 Å². The van der Waals surface area contributed by atoms with Crippen molar-refractivity contribution >= 4 is 22.3 Å². The first-order valence-corrected chi connectivity index (χ1v) is 7.90. The van der Waals surface area contributed by atoms with Gasteiger partial charge in [0.25, 0.3) is 0 Å². The van der Waals surface area contributed by atoms with Crippen LogP contribution >= 0.6 is 0 Å². The fourth-order valence-corrected chi connectivity index (χ4v) is 1.29. The first-order chi connectivity index (χ1) is 10.0. The van der Waals surface area contributed by atoms with Crippen LogP contribution in [0.3, 0.4) is 0 Å². The smallest absolute Gasteiger partial charge is 0.394 e. The Morgan fingerprint density at radius 3 is 2.05 bits per heavy atom. The molecule has 1 rings (SSSR count). The minimum Gasteiger partial charge on any atom is -0.480 e. The Hall–Kier alpha value is -1.47. The van der Waals surface area contributed by atoms with Gasteiger partial charge in [-0.3, -0.25) is 19.3 Å². The van der Waals surface area contributed by atoms with Crippen LogP contribution in [0.1, 0.15) is 25.7 Å². The Morgan fingerprint density at radius 2 is 1.77 bits per heavy atom. The number of carboxylic acid groups (broad SMARTS) is 1. The summed E-state index contributed by atoms with van der Waals surface area (Å²) < 4.78 is 31.6. The number of carbonyl (C=O) groups is 1. The molecule has 1 heterocycles. The number of nitrogens with one attached hydrogen (secondary N) is 3. The third-order valence-electron chi connectivity index (χ3n) is 2.28. The molecule has 0 radical (unpaired) electrons. The molecule has 0 aromatic heterocycles. The normalized spacial score (nSPS) is 14.7. The van der Waals surface area contributed by atoms with Gasteiger partial charge in [-0.1, -0.05) is 0 Å². The van der Waals surface area contributed by atoms with E-state index in [0.717, 1.165) is 0 Å². The van der Waals surface area contributed by atoms with Crippen molar-refractivity contribution in [2.45, 2.75) is 31.7 Å². The van der Waals surface area contributed by atoms with Crippen LogP contribution in [0.25, 0.3) is 0 Å². The molecule has 0 unspecified atom stereocenters. The maximum absolute atomic E-state index is 10.2. The molecule has 1 fully saturated rings. The van der Waals surface area contributed by atoms with Crippen molar-refractivity contribution in [3.63, 3.8) is 0 Å². The molecule has 1 aliphatic heterocycles. The zero-order chi connectivity index (χ0) is 17.6. The largest absolute Gasteiger partial charge is 0.480 e. The zero-order valence-corrected chi connectivity index (χ0v) is 13.0. The Labute approximate surface area is 129 Å². The molecule has 0 amide bonds. The predicted molar refractivity (Wildman–Crippen MR) is 81.0 cm³/mol. The number of hydrogen-bond acceptors (Lipinski definition) is 6. The number of hydrogen-bond donors (Lipinski definition) is 8. The van der Waals surface area contributed by atoms with E-state index >= 15 is 0 Å². The van der Waals surface area contributed by atoms with Crippen LogP contribution in [0.15, 0.2) is 0 Å². The fraction of sp³-hybridized carbons (Fsp3) is 0.800. The molecule has 0 bridgehead atoms. The van der Waals surface area contributed by atoms with E-state index in [1.54, 1.807) is 0 Å². The molecule has 1 atom stereocenters. The average molecular weight is 343 g/mol. The van der Waals surface area contributed by atoms with E-state index in [1.807, 2.05) is 0 Å². The molecular formula is C10H25N5O6S. The lowest BCUT2D eigenvalue weighted by Crippen LogP contribution is -2.34. The second kappa shape index (κ2) is 13.2. The highest BCUT2D eigenvalue weighted by Gasteiger charge is 2.09. The summed E-state index contributed by atoms with van der Waals surface area (Å²) in [5.74, 6) is -1.11. The lowest BCUT2D eigenvalue weighted by molar-refractivity contribution is -0.138. The maximum Gasteiger partial charge on any atom is 0.394 e. The highest BCUT2D eigenvalue weighted by atomic mass is 32.3. The molecule has 0 aliphatic carbocycles. The first kappa shape index (κ1) is 22.8. The molecule has 132 valence electrons. The van der Waals surface area contributed by atoms with E-state index in [4.69, 9.17) is 39.5 Å². The average Bonchev–Trinajstić information content (AvgIpc) is 2.90. The topological polar surface area (TPSA) is 212 Å². The molecule has 0 aromatic carbocycles. The number of aliphatic carboxylic acids is 1. The van der Waals surface area contributed by atoms with Crippen LogP contribution in [0.5, 0.6) is 0 Å². The first-order valence-electron chi connectivity index (χ1n) is 6.51. The summed E-state index contributed by atoms with van der Waals surface area (Å²) in [4.78, 5) is 10.2. The monoisotopic (exact) mass is 343 g/mol. The van der Waals surface area contributed by atoms with E-state index in [9.17, 15) is 4.79 Å². The summed E-state index contributed by atoms with van der Waals surface area (Å²) >= 11 is 0. The van der Waals surface area contributed by atoms with Crippen LogP contribution in [-0.2, 0) is 15.2 Å². The maximum atomic E-state index is 10.2. The molecular weight excluding hydrogens is 318 g/mol. The molecule has 1 saturated heterocycles.